The molecular formula is C20H24FN3. The lowest BCUT2D eigenvalue weighted by Gasteiger charge is -2.30. The monoisotopic (exact) mass is 325 g/mol. The Balaban J connectivity index is 1.69. The molecule has 126 valence electrons. The van der Waals surface area contributed by atoms with Gasteiger partial charge >= 0.3 is 0 Å². The molecule has 0 spiro atoms. The molecule has 4 heteroatoms. The van der Waals surface area contributed by atoms with Crippen molar-refractivity contribution < 1.29 is 4.39 Å². The van der Waals surface area contributed by atoms with E-state index < -0.39 is 0 Å². The molecule has 0 unspecified atom stereocenters. The summed E-state index contributed by atoms with van der Waals surface area (Å²) in [6, 6.07) is 17.3. The van der Waals surface area contributed by atoms with Crippen LogP contribution in [0.1, 0.15) is 19.4 Å². The van der Waals surface area contributed by atoms with Crippen molar-refractivity contribution in [1.82, 2.24) is 4.90 Å². The Morgan fingerprint density at radius 1 is 1.12 bits per heavy atom. The molecule has 1 heterocycles. The fourth-order valence-corrected chi connectivity index (χ4v) is 3.03. The van der Waals surface area contributed by atoms with Gasteiger partial charge in [0, 0.05) is 12.2 Å². The number of nitrogens with one attached hydrogen (secondary N) is 1. The van der Waals surface area contributed by atoms with Gasteiger partial charge in [-0.3, -0.25) is 4.99 Å². The number of anilines is 1. The summed E-state index contributed by atoms with van der Waals surface area (Å²) in [5, 5.41) is 3.44. The van der Waals surface area contributed by atoms with Crippen LogP contribution in [0.5, 0.6) is 0 Å². The highest BCUT2D eigenvalue weighted by Gasteiger charge is 2.29. The predicted molar refractivity (Wildman–Crippen MR) is 97.8 cm³/mol. The van der Waals surface area contributed by atoms with Crippen LogP contribution in [0, 0.1) is 11.7 Å². The van der Waals surface area contributed by atoms with Crippen LogP contribution in [0.25, 0.3) is 0 Å². The first-order valence-electron chi connectivity index (χ1n) is 8.51. The molecule has 0 radical (unpaired) electrons. The summed E-state index contributed by atoms with van der Waals surface area (Å²) >= 11 is 0. The van der Waals surface area contributed by atoms with Gasteiger partial charge < -0.3 is 10.2 Å². The van der Waals surface area contributed by atoms with E-state index in [-0.39, 0.29) is 5.82 Å². The van der Waals surface area contributed by atoms with Gasteiger partial charge in [0.25, 0.3) is 0 Å². The van der Waals surface area contributed by atoms with E-state index in [1.807, 2.05) is 42.5 Å². The third kappa shape index (κ3) is 3.94. The molecule has 0 saturated heterocycles. The van der Waals surface area contributed by atoms with Crippen LogP contribution in [-0.4, -0.2) is 30.0 Å². The minimum Gasteiger partial charge on any atom is -0.337 e. The van der Waals surface area contributed by atoms with Crippen molar-refractivity contribution in [3.8, 4) is 0 Å². The number of benzene rings is 2. The van der Waals surface area contributed by atoms with Crippen LogP contribution in [0.3, 0.4) is 0 Å². The lowest BCUT2D eigenvalue weighted by Crippen LogP contribution is -2.43. The smallest absolute Gasteiger partial charge is 0.198 e. The quantitative estimate of drug-likeness (QED) is 0.893. The highest BCUT2D eigenvalue weighted by Crippen LogP contribution is 2.20. The molecule has 3 rings (SSSR count). The van der Waals surface area contributed by atoms with Crippen LogP contribution < -0.4 is 5.32 Å². The largest absolute Gasteiger partial charge is 0.337 e. The van der Waals surface area contributed by atoms with Gasteiger partial charge in [-0.2, -0.15) is 0 Å². The van der Waals surface area contributed by atoms with Crippen molar-refractivity contribution in [1.29, 1.82) is 0 Å². The molecule has 0 aromatic heterocycles. The van der Waals surface area contributed by atoms with E-state index in [4.69, 9.17) is 4.99 Å². The van der Waals surface area contributed by atoms with Crippen molar-refractivity contribution in [3.63, 3.8) is 0 Å². The number of rotatable bonds is 5. The molecule has 2 aromatic carbocycles. The van der Waals surface area contributed by atoms with Crippen LogP contribution in [0.2, 0.25) is 0 Å². The topological polar surface area (TPSA) is 27.6 Å². The molecule has 1 aliphatic heterocycles. The molecule has 1 aliphatic rings. The fourth-order valence-electron chi connectivity index (χ4n) is 3.03. The number of aliphatic imine (C=N–C) groups is 1. The Hall–Kier alpha value is -2.36. The molecule has 0 aliphatic carbocycles. The zero-order valence-electron chi connectivity index (χ0n) is 14.2. The number of nitrogens with zero attached hydrogens (tertiary/aromatic N) is 2. The summed E-state index contributed by atoms with van der Waals surface area (Å²) in [5.41, 5.74) is 2.19. The maximum Gasteiger partial charge on any atom is 0.198 e. The molecule has 1 N–H and O–H groups in total. The normalized spacial score (nSPS) is 17.2. The average molecular weight is 325 g/mol. The van der Waals surface area contributed by atoms with Gasteiger partial charge in [-0.15, -0.1) is 0 Å². The Labute approximate surface area is 143 Å². The molecule has 0 bridgehead atoms. The minimum atomic E-state index is -0.187. The van der Waals surface area contributed by atoms with E-state index in [1.165, 1.54) is 12.1 Å². The molecule has 0 fully saturated rings. The third-order valence-electron chi connectivity index (χ3n) is 4.45. The van der Waals surface area contributed by atoms with Crippen molar-refractivity contribution in [2.24, 2.45) is 10.9 Å². The maximum atomic E-state index is 13.1. The third-order valence-corrected chi connectivity index (χ3v) is 4.45. The zero-order valence-corrected chi connectivity index (χ0v) is 14.2. The van der Waals surface area contributed by atoms with Gasteiger partial charge in [0.2, 0.25) is 0 Å². The highest BCUT2D eigenvalue weighted by atomic mass is 19.1. The fraction of sp³-hybridized carbons (Fsp3) is 0.350. The number of hydrogen-bond donors (Lipinski definition) is 1. The molecule has 0 amide bonds. The second-order valence-corrected chi connectivity index (χ2v) is 6.54. The van der Waals surface area contributed by atoms with Gasteiger partial charge in [0.1, 0.15) is 5.82 Å². The second-order valence-electron chi connectivity index (χ2n) is 6.54. The first-order valence-corrected chi connectivity index (χ1v) is 8.51. The SMILES string of the molecule is CC(C)[C@H]1CN=C(Nc2ccccc2)N1CCc1ccc(F)cc1. The average Bonchev–Trinajstić information content (AvgIpc) is 2.98. The number of hydrogen-bond acceptors (Lipinski definition) is 3. The van der Waals surface area contributed by atoms with Gasteiger partial charge in [0.15, 0.2) is 5.96 Å². The van der Waals surface area contributed by atoms with Crippen LogP contribution >= 0.6 is 0 Å². The first-order chi connectivity index (χ1) is 11.6. The van der Waals surface area contributed by atoms with E-state index in [0.29, 0.717) is 12.0 Å². The van der Waals surface area contributed by atoms with E-state index in [9.17, 15) is 4.39 Å². The van der Waals surface area contributed by atoms with E-state index in [2.05, 4.69) is 24.1 Å². The summed E-state index contributed by atoms with van der Waals surface area (Å²) in [4.78, 5) is 7.06. The molecule has 3 nitrogen and oxygen atoms in total. The van der Waals surface area contributed by atoms with Crippen molar-refractivity contribution in [2.45, 2.75) is 26.3 Å². The van der Waals surface area contributed by atoms with Crippen LogP contribution in [-0.2, 0) is 6.42 Å². The number of halogens is 1. The Morgan fingerprint density at radius 3 is 2.50 bits per heavy atom. The van der Waals surface area contributed by atoms with Gasteiger partial charge in [-0.05, 0) is 42.2 Å². The molecule has 0 saturated carbocycles. The van der Waals surface area contributed by atoms with Crippen molar-refractivity contribution in [3.05, 3.63) is 66.0 Å². The standard InChI is InChI=1S/C20H24FN3/c1-15(2)19-14-22-20(23-18-6-4-3-5-7-18)24(19)13-12-16-8-10-17(21)11-9-16/h3-11,15,19H,12-14H2,1-2H3,(H,22,23)/t19-/m1/s1. The molecular weight excluding hydrogens is 301 g/mol. The van der Waals surface area contributed by atoms with E-state index in [1.54, 1.807) is 0 Å². The van der Waals surface area contributed by atoms with Gasteiger partial charge in [0.05, 0.1) is 12.6 Å². The molecule has 24 heavy (non-hydrogen) atoms. The van der Waals surface area contributed by atoms with Gasteiger partial charge in [-0.1, -0.05) is 44.2 Å². The Kier molecular flexibility index (Phi) is 5.14. The summed E-state index contributed by atoms with van der Waals surface area (Å²) in [6.07, 6.45) is 0.874. The summed E-state index contributed by atoms with van der Waals surface area (Å²) in [7, 11) is 0. The summed E-state index contributed by atoms with van der Waals surface area (Å²) < 4.78 is 13.1. The zero-order chi connectivity index (χ0) is 16.9. The summed E-state index contributed by atoms with van der Waals surface area (Å²) in [5.74, 6) is 1.27. The molecule has 2 aromatic rings. The van der Waals surface area contributed by atoms with Crippen LogP contribution in [0.4, 0.5) is 10.1 Å². The van der Waals surface area contributed by atoms with Crippen molar-refractivity contribution in [2.75, 3.05) is 18.4 Å². The lowest BCUT2D eigenvalue weighted by atomic mass is 10.0. The van der Waals surface area contributed by atoms with Crippen LogP contribution in [0.15, 0.2) is 59.6 Å². The number of guanidine groups is 1. The number of para-hydroxylation sites is 1. The molecule has 1 atom stereocenters. The summed E-state index contributed by atoms with van der Waals surface area (Å²) in [6.45, 7) is 6.15. The predicted octanol–water partition coefficient (Wildman–Crippen LogP) is 4.18. The van der Waals surface area contributed by atoms with E-state index >= 15 is 0 Å². The van der Waals surface area contributed by atoms with Crippen molar-refractivity contribution >= 4 is 11.6 Å². The highest BCUT2D eigenvalue weighted by molar-refractivity contribution is 5.95. The maximum absolute atomic E-state index is 13.1. The van der Waals surface area contributed by atoms with Gasteiger partial charge in [-0.25, -0.2) is 4.39 Å². The minimum absolute atomic E-state index is 0.187. The Morgan fingerprint density at radius 2 is 1.83 bits per heavy atom. The first kappa shape index (κ1) is 16.5. The lowest BCUT2D eigenvalue weighted by molar-refractivity contribution is 0.278. The Bertz CT molecular complexity index is 680. The van der Waals surface area contributed by atoms with E-state index in [0.717, 1.165) is 36.7 Å². The second kappa shape index (κ2) is 7.47.